The lowest BCUT2D eigenvalue weighted by Crippen LogP contribution is -2.46. The van der Waals surface area contributed by atoms with E-state index in [1.807, 2.05) is 11.9 Å². The summed E-state index contributed by atoms with van der Waals surface area (Å²) in [6, 6.07) is 7.74. The monoisotopic (exact) mass is 590 g/mol. The zero-order chi connectivity index (χ0) is 28.3. The summed E-state index contributed by atoms with van der Waals surface area (Å²) in [6.45, 7) is 0.458. The molecule has 1 N–H and O–H groups in total. The predicted molar refractivity (Wildman–Crippen MR) is 139 cm³/mol. The Labute approximate surface area is 227 Å². The molecule has 5 nitrogen and oxygen atoms in total. The molecule has 3 atom stereocenters. The Morgan fingerprint density at radius 2 is 2.05 bits per heavy atom. The van der Waals surface area contributed by atoms with Gasteiger partial charge in [-0.1, -0.05) is 12.0 Å². The quantitative estimate of drug-likeness (QED) is 0.190. The molecule has 2 heterocycles. The molecule has 4 rings (SSSR count). The number of likely N-dealkylation sites (tertiary alicyclic amines) is 1. The van der Waals surface area contributed by atoms with Gasteiger partial charge in [0.1, 0.15) is 18.5 Å². The number of piperidine rings is 1. The first-order chi connectivity index (χ1) is 18.4. The number of anilines is 1. The maximum atomic E-state index is 14.6. The van der Waals surface area contributed by atoms with Gasteiger partial charge in [-0.25, -0.2) is 13.2 Å². The molecule has 13 heteroatoms. The zero-order valence-corrected chi connectivity index (χ0v) is 22.4. The molecule has 1 aliphatic rings. The minimum atomic E-state index is -4.64. The van der Waals surface area contributed by atoms with Gasteiger partial charge in [0.2, 0.25) is 0 Å². The highest BCUT2D eigenvalue weighted by molar-refractivity contribution is 8.00. The van der Waals surface area contributed by atoms with Crippen LogP contribution in [0.15, 0.2) is 50.6 Å². The third-order valence-corrected chi connectivity index (χ3v) is 7.78. The summed E-state index contributed by atoms with van der Waals surface area (Å²) in [6.07, 6.45) is -2.23. The fraction of sp³-hybridized carbons (Fsp3) is 0.385. The minimum Gasteiger partial charge on any atom is -0.480 e. The molecular formula is C26H24F6N2O3S2. The molecule has 2 aromatic carbocycles. The van der Waals surface area contributed by atoms with E-state index in [0.717, 1.165) is 6.07 Å². The van der Waals surface area contributed by atoms with Crippen LogP contribution in [0.3, 0.4) is 0 Å². The first kappa shape index (κ1) is 29.2. The standard InChI is InChI=1S/C26H24F6N2O3S2/c1-34-11-10-19(18(27)14-34)33-20-6-3-5-16-23(20)37-22(24(16)38-26(30,31)32)7-4-12-36-21-9-8-15(39(2)35)13-17(21)25(28)29/h3,5-6,8-9,13,18-19,25,33H,10-12,14H2,1-2H3. The van der Waals surface area contributed by atoms with Crippen LogP contribution in [-0.2, 0) is 10.8 Å². The van der Waals surface area contributed by atoms with E-state index in [1.54, 1.807) is 12.1 Å². The first-order valence-corrected chi connectivity index (χ1v) is 14.1. The molecular weight excluding hydrogens is 566 g/mol. The van der Waals surface area contributed by atoms with Crippen LogP contribution in [0.2, 0.25) is 0 Å². The summed E-state index contributed by atoms with van der Waals surface area (Å²) in [4.78, 5) is 1.79. The van der Waals surface area contributed by atoms with Crippen LogP contribution in [0.1, 0.15) is 24.2 Å². The summed E-state index contributed by atoms with van der Waals surface area (Å²) < 4.78 is 104. The normalized spacial score (nSPS) is 19.1. The van der Waals surface area contributed by atoms with Crippen LogP contribution in [0, 0.1) is 11.8 Å². The van der Waals surface area contributed by atoms with E-state index in [1.165, 1.54) is 24.5 Å². The number of benzene rings is 2. The molecule has 0 radical (unpaired) electrons. The van der Waals surface area contributed by atoms with Crippen molar-refractivity contribution >= 4 is 39.2 Å². The molecule has 1 saturated heterocycles. The second-order valence-electron chi connectivity index (χ2n) is 8.85. The number of furan rings is 1. The van der Waals surface area contributed by atoms with Crippen molar-refractivity contribution in [1.29, 1.82) is 0 Å². The Morgan fingerprint density at radius 1 is 1.28 bits per heavy atom. The number of nitrogens with zero attached hydrogens (tertiary/aromatic N) is 1. The maximum absolute atomic E-state index is 14.6. The van der Waals surface area contributed by atoms with Gasteiger partial charge in [0, 0.05) is 40.4 Å². The van der Waals surface area contributed by atoms with E-state index in [-0.39, 0.29) is 50.6 Å². The van der Waals surface area contributed by atoms with Crippen molar-refractivity contribution < 1.29 is 39.7 Å². The van der Waals surface area contributed by atoms with Gasteiger partial charge in [-0.3, -0.25) is 4.21 Å². The molecule has 1 aromatic heterocycles. The topological polar surface area (TPSA) is 54.7 Å². The number of halogens is 6. The molecule has 3 aromatic rings. The van der Waals surface area contributed by atoms with Crippen molar-refractivity contribution in [2.75, 3.05) is 38.3 Å². The second-order valence-corrected chi connectivity index (χ2v) is 11.3. The highest BCUT2D eigenvalue weighted by atomic mass is 32.2. The summed E-state index contributed by atoms with van der Waals surface area (Å²) in [7, 11) is 0.332. The SMILES string of the molecule is CN1CCC(Nc2cccc3c(SC(F)(F)F)c(C#CCOc4ccc(S(C)=O)cc4C(F)F)oc23)C(F)C1. The fourth-order valence-electron chi connectivity index (χ4n) is 4.17. The largest absolute Gasteiger partial charge is 0.480 e. The highest BCUT2D eigenvalue weighted by Gasteiger charge is 2.34. The first-order valence-electron chi connectivity index (χ1n) is 11.7. The molecule has 210 valence electrons. The van der Waals surface area contributed by atoms with Gasteiger partial charge in [-0.15, -0.1) is 0 Å². The molecule has 0 saturated carbocycles. The Hall–Kier alpha value is -2.82. The Bertz CT molecular complexity index is 1420. The molecule has 0 bridgehead atoms. The zero-order valence-electron chi connectivity index (χ0n) is 20.8. The van der Waals surface area contributed by atoms with E-state index in [4.69, 9.17) is 9.15 Å². The van der Waals surface area contributed by atoms with Crippen LogP contribution in [0.4, 0.5) is 32.0 Å². The van der Waals surface area contributed by atoms with Crippen molar-refractivity contribution in [3.05, 3.63) is 47.7 Å². The lowest BCUT2D eigenvalue weighted by molar-refractivity contribution is -0.0328. The van der Waals surface area contributed by atoms with Crippen molar-refractivity contribution in [2.45, 2.75) is 40.4 Å². The molecule has 0 spiro atoms. The number of para-hydroxylation sites is 1. The third kappa shape index (κ3) is 7.23. The average Bonchev–Trinajstić information content (AvgIpc) is 3.20. The van der Waals surface area contributed by atoms with E-state index in [9.17, 15) is 30.6 Å². The van der Waals surface area contributed by atoms with Gasteiger partial charge in [-0.05, 0) is 61.5 Å². The number of thioether (sulfide) groups is 1. The Kier molecular flexibility index (Phi) is 9.08. The molecule has 3 unspecified atom stereocenters. The lowest BCUT2D eigenvalue weighted by Gasteiger charge is -2.33. The molecule has 39 heavy (non-hydrogen) atoms. The van der Waals surface area contributed by atoms with Crippen molar-refractivity contribution in [2.24, 2.45) is 0 Å². The lowest BCUT2D eigenvalue weighted by atomic mass is 10.0. The summed E-state index contributed by atoms with van der Waals surface area (Å²) in [5.74, 6) is 4.56. The second kappa shape index (κ2) is 12.1. The Morgan fingerprint density at radius 3 is 2.72 bits per heavy atom. The van der Waals surface area contributed by atoms with Crippen molar-refractivity contribution in [3.8, 4) is 17.6 Å². The number of rotatable bonds is 7. The molecule has 1 fully saturated rings. The van der Waals surface area contributed by atoms with E-state index in [0.29, 0.717) is 18.7 Å². The molecule has 0 aliphatic carbocycles. The average molecular weight is 591 g/mol. The molecule has 0 amide bonds. The number of nitrogens with one attached hydrogen (secondary N) is 1. The van der Waals surface area contributed by atoms with Crippen LogP contribution in [-0.4, -0.2) is 59.8 Å². The van der Waals surface area contributed by atoms with E-state index >= 15 is 0 Å². The van der Waals surface area contributed by atoms with Crippen LogP contribution in [0.25, 0.3) is 11.0 Å². The maximum Gasteiger partial charge on any atom is 0.446 e. The van der Waals surface area contributed by atoms with Gasteiger partial charge < -0.3 is 19.4 Å². The molecule has 1 aliphatic heterocycles. The number of alkyl halides is 6. The van der Waals surface area contributed by atoms with Gasteiger partial charge in [-0.2, -0.15) is 13.2 Å². The van der Waals surface area contributed by atoms with E-state index < -0.39 is 47.1 Å². The summed E-state index contributed by atoms with van der Waals surface area (Å²) in [5.41, 5.74) is -4.67. The van der Waals surface area contributed by atoms with Crippen molar-refractivity contribution in [1.82, 2.24) is 4.90 Å². The number of hydrogen-bond donors (Lipinski definition) is 1. The Balaban J connectivity index is 1.61. The number of ether oxygens (including phenoxy) is 1. The predicted octanol–water partition coefficient (Wildman–Crippen LogP) is 6.60. The third-order valence-electron chi connectivity index (χ3n) is 6.02. The summed E-state index contributed by atoms with van der Waals surface area (Å²) >= 11 is -0.389. The van der Waals surface area contributed by atoms with E-state index in [2.05, 4.69) is 17.2 Å². The highest BCUT2D eigenvalue weighted by Crippen LogP contribution is 2.45. The van der Waals surface area contributed by atoms with Crippen LogP contribution >= 0.6 is 11.8 Å². The van der Waals surface area contributed by atoms with Crippen LogP contribution < -0.4 is 10.1 Å². The van der Waals surface area contributed by atoms with Gasteiger partial charge in [0.15, 0.2) is 11.3 Å². The van der Waals surface area contributed by atoms with Gasteiger partial charge in [0.05, 0.1) is 22.2 Å². The van der Waals surface area contributed by atoms with Crippen molar-refractivity contribution in [3.63, 3.8) is 0 Å². The smallest absolute Gasteiger partial charge is 0.446 e. The van der Waals surface area contributed by atoms with Gasteiger partial charge >= 0.3 is 5.51 Å². The summed E-state index contributed by atoms with van der Waals surface area (Å²) in [5, 5.41) is 3.22. The number of hydrogen-bond acceptors (Lipinski definition) is 6. The minimum absolute atomic E-state index is 0.101. The fourth-order valence-corrected chi connectivity index (χ4v) is 5.41. The van der Waals surface area contributed by atoms with Gasteiger partial charge in [0.25, 0.3) is 6.43 Å². The van der Waals surface area contributed by atoms with Crippen LogP contribution in [0.5, 0.6) is 5.75 Å². The number of fused-ring (bicyclic) bond motifs is 1.